The third kappa shape index (κ3) is 2.61. The van der Waals surface area contributed by atoms with Crippen LogP contribution in [0.4, 0.5) is 11.5 Å². The van der Waals surface area contributed by atoms with Crippen molar-refractivity contribution in [3.8, 4) is 0 Å². The Labute approximate surface area is 111 Å². The van der Waals surface area contributed by atoms with Gasteiger partial charge in [0.05, 0.1) is 11.6 Å². The average molecular weight is 258 g/mol. The van der Waals surface area contributed by atoms with Crippen LogP contribution in [0.1, 0.15) is 25.7 Å². The first-order chi connectivity index (χ1) is 9.22. The van der Waals surface area contributed by atoms with Gasteiger partial charge in [-0.3, -0.25) is 0 Å². The Bertz CT molecular complexity index is 579. The number of hydrogen-bond acceptors (Lipinski definition) is 5. The second-order valence-electron chi connectivity index (χ2n) is 5.15. The normalized spacial score (nSPS) is 23.4. The molecule has 1 aliphatic carbocycles. The molecule has 100 valence electrons. The number of nitrogens with one attached hydrogen (secondary N) is 1. The molecule has 5 nitrogen and oxygen atoms in total. The van der Waals surface area contributed by atoms with Crippen LogP contribution in [0.2, 0.25) is 0 Å². The molecule has 0 saturated heterocycles. The topological polar surface area (TPSA) is 84.1 Å². The van der Waals surface area contributed by atoms with E-state index in [4.69, 9.17) is 5.73 Å². The van der Waals surface area contributed by atoms with Crippen molar-refractivity contribution in [1.82, 2.24) is 9.97 Å². The maximum absolute atomic E-state index is 9.53. The maximum atomic E-state index is 9.53. The second-order valence-corrected chi connectivity index (χ2v) is 5.15. The minimum atomic E-state index is -0.139. The number of benzene rings is 1. The first-order valence-electron chi connectivity index (χ1n) is 6.67. The van der Waals surface area contributed by atoms with E-state index in [1.54, 1.807) is 6.33 Å². The minimum Gasteiger partial charge on any atom is -0.399 e. The zero-order valence-corrected chi connectivity index (χ0v) is 10.7. The van der Waals surface area contributed by atoms with Crippen LogP contribution < -0.4 is 11.1 Å². The zero-order valence-electron chi connectivity index (χ0n) is 10.7. The van der Waals surface area contributed by atoms with Gasteiger partial charge in [0.15, 0.2) is 0 Å². The molecule has 2 aromatic rings. The Balaban J connectivity index is 1.84. The molecule has 0 atom stereocenters. The van der Waals surface area contributed by atoms with E-state index in [0.717, 1.165) is 42.4 Å². The lowest BCUT2D eigenvalue weighted by Crippen LogP contribution is -2.28. The Morgan fingerprint density at radius 1 is 1.16 bits per heavy atom. The Morgan fingerprint density at radius 3 is 2.74 bits per heavy atom. The molecule has 1 aromatic heterocycles. The Hall–Kier alpha value is -1.88. The van der Waals surface area contributed by atoms with Gasteiger partial charge in [0.2, 0.25) is 0 Å². The Kier molecular flexibility index (Phi) is 3.21. The molecule has 3 rings (SSSR count). The van der Waals surface area contributed by atoms with Crippen LogP contribution in [0.3, 0.4) is 0 Å². The SMILES string of the molecule is Nc1ccc2c(NC3CCC(O)CC3)ncnc2c1. The van der Waals surface area contributed by atoms with Gasteiger partial charge in [0.1, 0.15) is 12.1 Å². The number of anilines is 2. The van der Waals surface area contributed by atoms with E-state index in [1.165, 1.54) is 0 Å². The summed E-state index contributed by atoms with van der Waals surface area (Å²) >= 11 is 0. The van der Waals surface area contributed by atoms with Gasteiger partial charge < -0.3 is 16.2 Å². The molecule has 0 bridgehead atoms. The van der Waals surface area contributed by atoms with Crippen molar-refractivity contribution in [2.24, 2.45) is 0 Å². The summed E-state index contributed by atoms with van der Waals surface area (Å²) in [5.74, 6) is 0.853. The summed E-state index contributed by atoms with van der Waals surface area (Å²) in [7, 11) is 0. The van der Waals surface area contributed by atoms with Crippen LogP contribution in [0.5, 0.6) is 0 Å². The molecule has 5 heteroatoms. The van der Waals surface area contributed by atoms with Crippen molar-refractivity contribution < 1.29 is 5.11 Å². The number of rotatable bonds is 2. The van der Waals surface area contributed by atoms with Crippen molar-refractivity contribution in [2.75, 3.05) is 11.1 Å². The van der Waals surface area contributed by atoms with Gasteiger partial charge >= 0.3 is 0 Å². The second kappa shape index (κ2) is 5.01. The molecule has 0 aliphatic heterocycles. The third-order valence-electron chi connectivity index (χ3n) is 3.70. The molecule has 1 saturated carbocycles. The van der Waals surface area contributed by atoms with Gasteiger partial charge in [0.25, 0.3) is 0 Å². The highest BCUT2D eigenvalue weighted by atomic mass is 16.3. The number of aromatic nitrogens is 2. The van der Waals surface area contributed by atoms with Crippen molar-refractivity contribution in [3.63, 3.8) is 0 Å². The van der Waals surface area contributed by atoms with Gasteiger partial charge in [0, 0.05) is 17.1 Å². The molecule has 1 aromatic carbocycles. The Morgan fingerprint density at radius 2 is 1.95 bits per heavy atom. The lowest BCUT2D eigenvalue weighted by atomic mass is 9.93. The first-order valence-corrected chi connectivity index (χ1v) is 6.67. The van der Waals surface area contributed by atoms with E-state index < -0.39 is 0 Å². The number of aliphatic hydroxyl groups excluding tert-OH is 1. The molecular weight excluding hydrogens is 240 g/mol. The molecule has 1 aliphatic rings. The number of nitrogen functional groups attached to an aromatic ring is 1. The predicted octanol–water partition coefficient (Wildman–Crippen LogP) is 1.93. The van der Waals surface area contributed by atoms with Crippen molar-refractivity contribution in [1.29, 1.82) is 0 Å². The molecule has 19 heavy (non-hydrogen) atoms. The molecule has 0 amide bonds. The number of fused-ring (bicyclic) bond motifs is 1. The van der Waals surface area contributed by atoms with Gasteiger partial charge in [-0.2, -0.15) is 0 Å². The molecule has 0 spiro atoms. The van der Waals surface area contributed by atoms with Crippen molar-refractivity contribution >= 4 is 22.4 Å². The smallest absolute Gasteiger partial charge is 0.137 e. The van der Waals surface area contributed by atoms with E-state index in [-0.39, 0.29) is 6.10 Å². The summed E-state index contributed by atoms with van der Waals surface area (Å²) < 4.78 is 0. The van der Waals surface area contributed by atoms with Crippen molar-refractivity contribution in [2.45, 2.75) is 37.8 Å². The fourth-order valence-corrected chi connectivity index (χ4v) is 2.60. The predicted molar refractivity (Wildman–Crippen MR) is 75.8 cm³/mol. The fourth-order valence-electron chi connectivity index (χ4n) is 2.60. The van der Waals surface area contributed by atoms with Crippen LogP contribution in [0, 0.1) is 0 Å². The summed E-state index contributed by atoms with van der Waals surface area (Å²) in [5, 5.41) is 14.0. The largest absolute Gasteiger partial charge is 0.399 e. The summed E-state index contributed by atoms with van der Waals surface area (Å²) in [4.78, 5) is 8.56. The average Bonchev–Trinajstić information content (AvgIpc) is 2.41. The quantitative estimate of drug-likeness (QED) is 0.717. The van der Waals surface area contributed by atoms with Gasteiger partial charge in [-0.05, 0) is 43.9 Å². The summed E-state index contributed by atoms with van der Waals surface area (Å²) in [5.41, 5.74) is 7.33. The standard InChI is InChI=1S/C14H18N4O/c15-9-1-6-12-13(7-9)16-8-17-14(12)18-10-2-4-11(19)5-3-10/h1,6-8,10-11,19H,2-5,15H2,(H,16,17,18). The lowest BCUT2D eigenvalue weighted by molar-refractivity contribution is 0.126. The van der Waals surface area contributed by atoms with Crippen LogP contribution >= 0.6 is 0 Å². The highest BCUT2D eigenvalue weighted by molar-refractivity contribution is 5.90. The van der Waals surface area contributed by atoms with E-state index >= 15 is 0 Å². The van der Waals surface area contributed by atoms with E-state index in [2.05, 4.69) is 15.3 Å². The van der Waals surface area contributed by atoms with Crippen LogP contribution in [-0.2, 0) is 0 Å². The molecule has 4 N–H and O–H groups in total. The van der Waals surface area contributed by atoms with Crippen molar-refractivity contribution in [3.05, 3.63) is 24.5 Å². The fraction of sp³-hybridized carbons (Fsp3) is 0.429. The summed E-state index contributed by atoms with van der Waals surface area (Å²) in [6.07, 6.45) is 5.08. The molecule has 1 fully saturated rings. The van der Waals surface area contributed by atoms with Gasteiger partial charge in [-0.15, -0.1) is 0 Å². The molecule has 1 heterocycles. The number of hydrogen-bond donors (Lipinski definition) is 3. The third-order valence-corrected chi connectivity index (χ3v) is 3.70. The van der Waals surface area contributed by atoms with Crippen LogP contribution in [0.15, 0.2) is 24.5 Å². The number of aliphatic hydroxyl groups is 1. The van der Waals surface area contributed by atoms with Crippen LogP contribution in [-0.4, -0.2) is 27.2 Å². The lowest BCUT2D eigenvalue weighted by Gasteiger charge is -2.26. The first kappa shape index (κ1) is 12.2. The zero-order chi connectivity index (χ0) is 13.2. The maximum Gasteiger partial charge on any atom is 0.137 e. The highest BCUT2D eigenvalue weighted by Crippen LogP contribution is 2.25. The number of nitrogens with zero attached hydrogens (tertiary/aromatic N) is 2. The highest BCUT2D eigenvalue weighted by Gasteiger charge is 2.20. The summed E-state index contributed by atoms with van der Waals surface area (Å²) in [6.45, 7) is 0. The van der Waals surface area contributed by atoms with E-state index in [1.807, 2.05) is 18.2 Å². The monoisotopic (exact) mass is 258 g/mol. The van der Waals surface area contributed by atoms with Gasteiger partial charge in [-0.1, -0.05) is 0 Å². The molecule has 0 unspecified atom stereocenters. The van der Waals surface area contributed by atoms with Crippen LogP contribution in [0.25, 0.3) is 10.9 Å². The molecule has 0 radical (unpaired) electrons. The van der Waals surface area contributed by atoms with E-state index in [0.29, 0.717) is 11.7 Å². The van der Waals surface area contributed by atoms with Gasteiger partial charge in [-0.25, -0.2) is 9.97 Å². The van der Waals surface area contributed by atoms with E-state index in [9.17, 15) is 5.11 Å². The molecular formula is C14H18N4O. The number of nitrogens with two attached hydrogens (primary N) is 1. The minimum absolute atomic E-state index is 0.139. The summed E-state index contributed by atoms with van der Waals surface area (Å²) in [6, 6.07) is 6.04.